The highest BCUT2D eigenvalue weighted by atomic mass is 79.9. The Morgan fingerprint density at radius 3 is 2.23 bits per heavy atom. The van der Waals surface area contributed by atoms with Crippen LogP contribution in [0.15, 0.2) is 65.5 Å². The van der Waals surface area contributed by atoms with Gasteiger partial charge in [0.2, 0.25) is 17.8 Å². The van der Waals surface area contributed by atoms with Crippen molar-refractivity contribution in [2.24, 2.45) is 11.8 Å². The summed E-state index contributed by atoms with van der Waals surface area (Å²) in [6, 6.07) is 12.7. The van der Waals surface area contributed by atoms with Crippen molar-refractivity contribution >= 4 is 104 Å². The van der Waals surface area contributed by atoms with Crippen LogP contribution in [0.25, 0.3) is 11.0 Å². The second kappa shape index (κ2) is 24.7. The van der Waals surface area contributed by atoms with Gasteiger partial charge >= 0.3 is 0 Å². The van der Waals surface area contributed by atoms with E-state index in [1.54, 1.807) is 51.2 Å². The number of methoxy groups -OCH3 is 1. The Morgan fingerprint density at radius 2 is 1.54 bits per heavy atom. The minimum Gasteiger partial charge on any atom is -0.494 e. The molecule has 4 fully saturated rings. The SMILES string of the molecule is CCc1cc(Nc2ncc(Br)c(Nc3ccc4nccnc4c3P(C)(C)=O)n2)c(OC)cc1N1CCC(N2CCN(C(=O)C3CCN(CC4CCN(c5ccc6c(c5)C(=O)N(C(CCC=O)C(=O)NC)C6=O)CC4)CC3)CC2)CC1. The van der Waals surface area contributed by atoms with Gasteiger partial charge in [0.1, 0.15) is 36.6 Å². The van der Waals surface area contributed by atoms with Gasteiger partial charge in [0.05, 0.1) is 44.9 Å². The highest BCUT2D eigenvalue weighted by molar-refractivity contribution is 9.10. The molecule has 1 unspecified atom stereocenters. The lowest BCUT2D eigenvalue weighted by atomic mass is 9.91. The number of benzene rings is 3. The highest BCUT2D eigenvalue weighted by Crippen LogP contribution is 2.42. The van der Waals surface area contributed by atoms with Crippen LogP contribution in [0.1, 0.15) is 84.6 Å². The smallest absolute Gasteiger partial charge is 0.262 e. The summed E-state index contributed by atoms with van der Waals surface area (Å²) in [4.78, 5) is 95.8. The number of piperazine rings is 1. The molecule has 22 heteroatoms. The third kappa shape index (κ3) is 12.1. The van der Waals surface area contributed by atoms with Crippen LogP contribution >= 0.6 is 23.1 Å². The van der Waals surface area contributed by atoms with Gasteiger partial charge in [-0.15, -0.1) is 0 Å². The number of likely N-dealkylation sites (N-methyl/N-ethyl adjacent to an activating group) is 1. The highest BCUT2D eigenvalue weighted by Gasteiger charge is 2.43. The number of nitrogens with one attached hydrogen (secondary N) is 3. The molecule has 4 amide bonds. The summed E-state index contributed by atoms with van der Waals surface area (Å²) in [5.74, 6) is 0.987. The van der Waals surface area contributed by atoms with Crippen LogP contribution in [0.4, 0.5) is 34.5 Å². The van der Waals surface area contributed by atoms with E-state index in [1.165, 1.54) is 18.3 Å². The molecule has 1 atom stereocenters. The number of fused-ring (bicyclic) bond motifs is 2. The number of ether oxygens (including phenoxy) is 1. The molecule has 0 radical (unpaired) electrons. The lowest BCUT2D eigenvalue weighted by molar-refractivity contribution is -0.139. The van der Waals surface area contributed by atoms with E-state index >= 15 is 0 Å². The molecule has 0 bridgehead atoms. The topological polar surface area (TPSA) is 219 Å². The van der Waals surface area contributed by atoms with Crippen LogP contribution in [0.3, 0.4) is 0 Å². The van der Waals surface area contributed by atoms with Crippen molar-refractivity contribution in [3.8, 4) is 5.75 Å². The number of halogens is 1. The molecule has 5 aromatic rings. The monoisotopic (exact) mass is 1170 g/mol. The summed E-state index contributed by atoms with van der Waals surface area (Å²) in [5.41, 5.74) is 6.47. The summed E-state index contributed by atoms with van der Waals surface area (Å²) in [5, 5.41) is 9.93. The first-order valence-electron chi connectivity index (χ1n) is 28.1. The molecule has 80 heavy (non-hydrogen) atoms. The number of aldehydes is 1. The Morgan fingerprint density at radius 1 is 0.825 bits per heavy atom. The molecule has 5 aliphatic rings. The van der Waals surface area contributed by atoms with Crippen LogP contribution in [-0.4, -0.2) is 181 Å². The first-order valence-corrected chi connectivity index (χ1v) is 31.5. The molecule has 3 aromatic carbocycles. The third-order valence-corrected chi connectivity index (χ3v) is 19.0. The van der Waals surface area contributed by atoms with Crippen LogP contribution in [-0.2, 0) is 25.4 Å². The van der Waals surface area contributed by atoms with Gasteiger partial charge < -0.3 is 49.6 Å². The van der Waals surface area contributed by atoms with Gasteiger partial charge in [-0.3, -0.25) is 38.9 Å². The van der Waals surface area contributed by atoms with Crippen LogP contribution in [0.2, 0.25) is 0 Å². The molecule has 5 aliphatic heterocycles. The molecule has 20 nitrogen and oxygen atoms in total. The molecule has 424 valence electrons. The zero-order chi connectivity index (χ0) is 56.2. The van der Waals surface area contributed by atoms with Crippen molar-refractivity contribution in [1.29, 1.82) is 0 Å². The first kappa shape index (κ1) is 56.7. The number of carbonyl (C=O) groups is 5. The minimum atomic E-state index is -2.79. The lowest BCUT2D eigenvalue weighted by Gasteiger charge is -2.44. The number of hydrogen-bond acceptors (Lipinski definition) is 17. The number of imide groups is 1. The summed E-state index contributed by atoms with van der Waals surface area (Å²) in [7, 11) is 0.338. The second-order valence-corrected chi connectivity index (χ2v) is 26.1. The molecule has 10 rings (SSSR count). The zero-order valence-corrected chi connectivity index (χ0v) is 48.9. The predicted octanol–water partition coefficient (Wildman–Crippen LogP) is 6.92. The molecule has 4 saturated heterocycles. The molecule has 7 heterocycles. The molecule has 3 N–H and O–H groups in total. The number of aryl methyl sites for hydroxylation is 1. The van der Waals surface area contributed by atoms with E-state index in [1.807, 2.05) is 18.2 Å². The number of anilines is 6. The van der Waals surface area contributed by atoms with E-state index < -0.39 is 30.9 Å². The fourth-order valence-corrected chi connectivity index (χ4v) is 14.2. The average molecular weight is 1180 g/mol. The van der Waals surface area contributed by atoms with E-state index in [2.05, 4.69) is 90.4 Å². The number of aromatic nitrogens is 4. The summed E-state index contributed by atoms with van der Waals surface area (Å²) in [6.45, 7) is 15.3. The van der Waals surface area contributed by atoms with E-state index in [9.17, 15) is 28.5 Å². The number of nitrogens with zero attached hydrogens (tertiary/aromatic N) is 10. The van der Waals surface area contributed by atoms with Gasteiger partial charge in [-0.2, -0.15) is 4.98 Å². The number of rotatable bonds is 18. The molecular formula is C58H73BrN13O7P. The van der Waals surface area contributed by atoms with Crippen molar-refractivity contribution < 1.29 is 33.3 Å². The zero-order valence-electron chi connectivity index (χ0n) is 46.5. The van der Waals surface area contributed by atoms with Crippen LogP contribution in [0.5, 0.6) is 5.75 Å². The average Bonchev–Trinajstić information content (AvgIpc) is 3.85. The summed E-state index contributed by atoms with van der Waals surface area (Å²) in [6.07, 6.45) is 12.4. The fraction of sp³-hybridized carbons (Fsp3) is 0.500. The summed E-state index contributed by atoms with van der Waals surface area (Å²) >= 11 is 3.61. The lowest BCUT2D eigenvalue weighted by Crippen LogP contribution is -2.55. The van der Waals surface area contributed by atoms with Gasteiger partial charge in [-0.25, -0.2) is 4.98 Å². The van der Waals surface area contributed by atoms with Crippen molar-refractivity contribution in [2.45, 2.75) is 76.8 Å². The molecule has 0 spiro atoms. The van der Waals surface area contributed by atoms with Gasteiger partial charge in [-0.05, 0) is 142 Å². The maximum absolute atomic E-state index is 13.9. The summed E-state index contributed by atoms with van der Waals surface area (Å²) < 4.78 is 20.2. The van der Waals surface area contributed by atoms with Gasteiger partial charge in [0.15, 0.2) is 0 Å². The number of carbonyl (C=O) groups excluding carboxylic acids is 5. The van der Waals surface area contributed by atoms with E-state index in [-0.39, 0.29) is 24.3 Å². The number of hydrogen-bond donors (Lipinski definition) is 3. The quantitative estimate of drug-likeness (QED) is 0.0461. The van der Waals surface area contributed by atoms with Crippen LogP contribution < -0.4 is 35.8 Å². The van der Waals surface area contributed by atoms with Crippen molar-refractivity contribution in [3.63, 3.8) is 0 Å². The van der Waals surface area contributed by atoms with E-state index in [0.717, 1.165) is 133 Å². The Kier molecular flexibility index (Phi) is 17.5. The number of likely N-dealkylation sites (tertiary alicyclic amines) is 1. The Hall–Kier alpha value is -6.54. The molecule has 0 aliphatic carbocycles. The number of piperidine rings is 3. The third-order valence-electron chi connectivity index (χ3n) is 16.9. The normalized spacial score (nSPS) is 18.6. The maximum atomic E-state index is 13.9. The Bertz CT molecular complexity index is 3180. The number of amides is 4. The second-order valence-electron chi connectivity index (χ2n) is 22.1. The largest absolute Gasteiger partial charge is 0.494 e. The van der Waals surface area contributed by atoms with Crippen molar-refractivity contribution in [1.82, 2.24) is 44.9 Å². The fourth-order valence-electron chi connectivity index (χ4n) is 12.5. The van der Waals surface area contributed by atoms with Gasteiger partial charge in [0.25, 0.3) is 11.8 Å². The molecule has 2 aromatic heterocycles. The molecule has 0 saturated carbocycles. The van der Waals surface area contributed by atoms with E-state index in [0.29, 0.717) is 73.7 Å². The first-order chi connectivity index (χ1) is 38.7. The standard InChI is InChI=1S/C58H73BrN13O7P/c1-6-38-32-47(65-58-63-35-44(59)53(66-58)64-46-12-11-45-51(62-20-19-61-45)52(46)80(4,5)78)50(79-3)34-49(38)70-25-17-40(18-26-70)69-27-29-71(30-28-69)55(75)39-15-21-67(22-16-39)36-37-13-23-68(24-14-37)41-9-10-42-43(33-41)57(77)72(56(42)76)48(8-7-31-73)54(74)60-2/h9-12,19-20,31-35,37,39-40,48H,6-8,13-18,21-30,36H2,1-5H3,(H,60,74)(H2,63,64,65,66). The van der Waals surface area contributed by atoms with Crippen molar-refractivity contribution in [2.75, 3.05) is 120 Å². The van der Waals surface area contributed by atoms with E-state index in [4.69, 9.17) is 9.72 Å². The van der Waals surface area contributed by atoms with Gasteiger partial charge in [0, 0.05) is 120 Å². The molecular weight excluding hydrogens is 1100 g/mol. The van der Waals surface area contributed by atoms with Crippen LogP contribution in [0, 0.1) is 11.8 Å². The minimum absolute atomic E-state index is 0.0630. The Balaban J connectivity index is 0.667. The predicted molar refractivity (Wildman–Crippen MR) is 315 cm³/mol. The van der Waals surface area contributed by atoms with Crippen molar-refractivity contribution in [3.05, 3.63) is 82.2 Å². The Labute approximate surface area is 476 Å². The van der Waals surface area contributed by atoms with Gasteiger partial charge in [-0.1, -0.05) is 6.92 Å². The maximum Gasteiger partial charge on any atom is 0.262 e.